The Morgan fingerprint density at radius 1 is 1.14 bits per heavy atom. The molecule has 12 nitrogen and oxygen atoms in total. The smallest absolute Gasteiger partial charge is 0.410 e. The summed E-state index contributed by atoms with van der Waals surface area (Å²) < 4.78 is 45.9. The van der Waals surface area contributed by atoms with E-state index in [4.69, 9.17) is 18.9 Å². The van der Waals surface area contributed by atoms with E-state index in [0.29, 0.717) is 37.0 Å². The number of carbonyl (C=O) groups excluding carboxylic acids is 2. The van der Waals surface area contributed by atoms with Crippen molar-refractivity contribution in [2.24, 2.45) is 0 Å². The highest BCUT2D eigenvalue weighted by molar-refractivity contribution is 7.90. The molecule has 0 spiro atoms. The fourth-order valence-electron chi connectivity index (χ4n) is 4.01. The first kappa shape index (κ1) is 31.2. The first-order valence-corrected chi connectivity index (χ1v) is 15.8. The molecule has 1 N–H and O–H groups in total. The van der Waals surface area contributed by atoms with Crippen LogP contribution in [0.2, 0.25) is 0 Å². The normalized spacial score (nSPS) is 14.1. The first-order valence-electron chi connectivity index (χ1n) is 13.1. The van der Waals surface area contributed by atoms with Crippen LogP contribution in [0.25, 0.3) is 0 Å². The maximum Gasteiger partial charge on any atom is 0.410 e. The third-order valence-corrected chi connectivity index (χ3v) is 7.81. The summed E-state index contributed by atoms with van der Waals surface area (Å²) in [5, 5.41) is 3.16. The van der Waals surface area contributed by atoms with E-state index in [2.05, 4.69) is 15.3 Å². The third kappa shape index (κ3) is 8.39. The SMILES string of the molecule is COCC(C)Oc1cc(Oc2ccc(S(C)(=O)=O)nc2)cc(C(=O)Nc2nc3c(s2)CN(C(=O)OC(C)(C)C)CC3)c1. The van der Waals surface area contributed by atoms with E-state index in [9.17, 15) is 18.0 Å². The van der Waals surface area contributed by atoms with Crippen LogP contribution in [0.4, 0.5) is 9.93 Å². The molecule has 1 unspecified atom stereocenters. The molecule has 0 saturated carbocycles. The highest BCUT2D eigenvalue weighted by atomic mass is 32.2. The molecular weight excluding hydrogens is 584 g/mol. The quantitative estimate of drug-likeness (QED) is 0.358. The lowest BCUT2D eigenvalue weighted by Crippen LogP contribution is -2.39. The Bertz CT molecular complexity index is 1550. The van der Waals surface area contributed by atoms with Crippen LogP contribution >= 0.6 is 11.3 Å². The van der Waals surface area contributed by atoms with Gasteiger partial charge in [0.2, 0.25) is 0 Å². The predicted molar refractivity (Wildman–Crippen MR) is 156 cm³/mol. The molecule has 0 aliphatic carbocycles. The number of rotatable bonds is 9. The summed E-state index contributed by atoms with van der Waals surface area (Å²) in [5.74, 6) is 0.486. The number of benzene rings is 1. The third-order valence-electron chi connectivity index (χ3n) is 5.81. The molecule has 4 rings (SSSR count). The number of pyridine rings is 1. The molecular formula is C28H34N4O8S2. The fraction of sp³-hybridized carbons (Fsp3) is 0.429. The van der Waals surface area contributed by atoms with Gasteiger partial charge >= 0.3 is 6.09 Å². The maximum atomic E-state index is 13.3. The molecule has 1 aromatic carbocycles. The van der Waals surface area contributed by atoms with E-state index in [1.807, 2.05) is 27.7 Å². The number of anilines is 1. The Balaban J connectivity index is 1.53. The molecule has 1 atom stereocenters. The standard InChI is InChI=1S/C28H34N4O8S2/c1-17(16-37-5)38-20-11-18(12-21(13-20)39-19-7-8-24(29-14-19)42(6,35)36)25(33)31-26-30-22-9-10-32(15-23(22)41-26)27(34)40-28(2,3)4/h7-8,11-14,17H,9-10,15-16H2,1-6H3,(H,30,31,33). The molecule has 42 heavy (non-hydrogen) atoms. The van der Waals surface area contributed by atoms with Gasteiger partial charge in [0.15, 0.2) is 20.0 Å². The van der Waals surface area contributed by atoms with Gasteiger partial charge in [-0.3, -0.25) is 10.1 Å². The second kappa shape index (κ2) is 12.6. The number of nitrogens with zero attached hydrogens (tertiary/aromatic N) is 3. The maximum absolute atomic E-state index is 13.3. The molecule has 3 aromatic rings. The van der Waals surface area contributed by atoms with Crippen molar-refractivity contribution in [3.63, 3.8) is 0 Å². The summed E-state index contributed by atoms with van der Waals surface area (Å²) in [7, 11) is -1.90. The summed E-state index contributed by atoms with van der Waals surface area (Å²) >= 11 is 1.30. The van der Waals surface area contributed by atoms with Crippen LogP contribution in [0.3, 0.4) is 0 Å². The number of amides is 2. The molecule has 2 aromatic heterocycles. The first-order chi connectivity index (χ1) is 19.7. The lowest BCUT2D eigenvalue weighted by molar-refractivity contribution is 0.0225. The monoisotopic (exact) mass is 618 g/mol. The highest BCUT2D eigenvalue weighted by Crippen LogP contribution is 2.32. The zero-order chi connectivity index (χ0) is 30.7. The van der Waals surface area contributed by atoms with Crippen LogP contribution < -0.4 is 14.8 Å². The number of hydrogen-bond donors (Lipinski definition) is 1. The molecule has 0 fully saturated rings. The Hall–Kier alpha value is -3.75. The van der Waals surface area contributed by atoms with E-state index in [1.165, 1.54) is 35.7 Å². The van der Waals surface area contributed by atoms with Gasteiger partial charge in [-0.15, -0.1) is 0 Å². The van der Waals surface area contributed by atoms with Crippen molar-refractivity contribution >= 4 is 38.3 Å². The van der Waals surface area contributed by atoms with Crippen LogP contribution in [-0.2, 0) is 32.3 Å². The van der Waals surface area contributed by atoms with Crippen molar-refractivity contribution in [2.45, 2.75) is 57.4 Å². The Morgan fingerprint density at radius 2 is 1.88 bits per heavy atom. The van der Waals surface area contributed by atoms with Crippen LogP contribution in [0.1, 0.15) is 48.6 Å². The number of nitrogens with one attached hydrogen (secondary N) is 1. The minimum atomic E-state index is -3.46. The summed E-state index contributed by atoms with van der Waals surface area (Å²) in [6.07, 6.45) is 2.21. The van der Waals surface area contributed by atoms with Crippen LogP contribution in [-0.4, -0.2) is 73.5 Å². The second-order valence-electron chi connectivity index (χ2n) is 10.8. The zero-order valence-corrected chi connectivity index (χ0v) is 25.9. The van der Waals surface area contributed by atoms with E-state index < -0.39 is 21.3 Å². The average molecular weight is 619 g/mol. The van der Waals surface area contributed by atoms with E-state index in [0.717, 1.165) is 16.8 Å². The van der Waals surface area contributed by atoms with Gasteiger partial charge in [-0.05, 0) is 52.0 Å². The van der Waals surface area contributed by atoms with Crippen molar-refractivity contribution in [1.29, 1.82) is 0 Å². The Kier molecular flexibility index (Phi) is 9.38. The molecule has 3 heterocycles. The minimum Gasteiger partial charge on any atom is -0.488 e. The van der Waals surface area contributed by atoms with Crippen molar-refractivity contribution in [3.05, 3.63) is 52.7 Å². The van der Waals surface area contributed by atoms with Gasteiger partial charge in [0.05, 0.1) is 25.0 Å². The number of methoxy groups -OCH3 is 1. The van der Waals surface area contributed by atoms with Gasteiger partial charge in [-0.2, -0.15) is 0 Å². The highest BCUT2D eigenvalue weighted by Gasteiger charge is 2.28. The average Bonchev–Trinajstić information content (AvgIpc) is 3.29. The molecule has 14 heteroatoms. The van der Waals surface area contributed by atoms with E-state index in [-0.39, 0.29) is 34.3 Å². The molecule has 226 valence electrons. The van der Waals surface area contributed by atoms with Gasteiger partial charge in [-0.25, -0.2) is 23.2 Å². The molecule has 0 radical (unpaired) electrons. The van der Waals surface area contributed by atoms with Crippen molar-refractivity contribution in [1.82, 2.24) is 14.9 Å². The lowest BCUT2D eigenvalue weighted by Gasteiger charge is -2.29. The zero-order valence-electron chi connectivity index (χ0n) is 24.3. The molecule has 0 saturated heterocycles. The number of hydrogen-bond acceptors (Lipinski definition) is 11. The summed E-state index contributed by atoms with van der Waals surface area (Å²) in [6, 6.07) is 7.54. The van der Waals surface area contributed by atoms with Gasteiger partial charge in [-0.1, -0.05) is 11.3 Å². The summed E-state index contributed by atoms with van der Waals surface area (Å²) in [6.45, 7) is 8.43. The number of aromatic nitrogens is 2. The van der Waals surface area contributed by atoms with E-state index in [1.54, 1.807) is 24.1 Å². The van der Waals surface area contributed by atoms with Crippen molar-refractivity contribution in [2.75, 3.05) is 31.8 Å². The van der Waals surface area contributed by atoms with Gasteiger partial charge in [0.1, 0.15) is 29.0 Å². The number of thiazole rings is 1. The molecule has 1 aliphatic rings. The number of carbonyl (C=O) groups is 2. The van der Waals surface area contributed by atoms with Crippen LogP contribution in [0.5, 0.6) is 17.2 Å². The van der Waals surface area contributed by atoms with Gasteiger partial charge in [0, 0.05) is 42.8 Å². The Labute approximate surface area is 248 Å². The van der Waals surface area contributed by atoms with Crippen molar-refractivity contribution in [3.8, 4) is 17.2 Å². The molecule has 0 bridgehead atoms. The van der Waals surface area contributed by atoms with Gasteiger partial charge < -0.3 is 23.8 Å². The topological polar surface area (TPSA) is 146 Å². The number of fused-ring (bicyclic) bond motifs is 1. The predicted octanol–water partition coefficient (Wildman–Crippen LogP) is 4.69. The number of ether oxygens (including phenoxy) is 4. The summed E-state index contributed by atoms with van der Waals surface area (Å²) in [4.78, 5) is 36.9. The largest absolute Gasteiger partial charge is 0.488 e. The fourth-order valence-corrected chi connectivity index (χ4v) is 5.59. The Morgan fingerprint density at radius 3 is 2.52 bits per heavy atom. The van der Waals surface area contributed by atoms with Crippen LogP contribution in [0, 0.1) is 0 Å². The summed E-state index contributed by atoms with van der Waals surface area (Å²) in [5.41, 5.74) is 0.480. The minimum absolute atomic E-state index is 0.0826. The second-order valence-corrected chi connectivity index (χ2v) is 13.8. The van der Waals surface area contributed by atoms with E-state index >= 15 is 0 Å². The van der Waals surface area contributed by atoms with Crippen LogP contribution in [0.15, 0.2) is 41.6 Å². The molecule has 2 amide bonds. The molecule has 1 aliphatic heterocycles. The van der Waals surface area contributed by atoms with Gasteiger partial charge in [0.25, 0.3) is 5.91 Å². The lowest BCUT2D eigenvalue weighted by atomic mass is 10.2. The number of sulfone groups is 1. The van der Waals surface area contributed by atoms with Crippen molar-refractivity contribution < 1.29 is 37.0 Å².